The van der Waals surface area contributed by atoms with E-state index in [1.807, 2.05) is 19.1 Å². The molecule has 0 heterocycles. The van der Waals surface area contributed by atoms with E-state index in [1.165, 1.54) is 0 Å². The van der Waals surface area contributed by atoms with Crippen molar-refractivity contribution in [2.45, 2.75) is 25.7 Å². The monoisotopic (exact) mass is 271 g/mol. The Bertz CT molecular complexity index is 413. The van der Waals surface area contributed by atoms with Crippen LogP contribution in [0.4, 0.5) is 0 Å². The van der Waals surface area contributed by atoms with Crippen LogP contribution in [0, 0.1) is 5.92 Å². The highest BCUT2D eigenvalue weighted by atomic mass is 35.5. The van der Waals surface area contributed by atoms with Gasteiger partial charge in [0, 0.05) is 22.5 Å². The highest BCUT2D eigenvalue weighted by Crippen LogP contribution is 2.48. The topological polar surface area (TPSA) is 29.1 Å². The summed E-state index contributed by atoms with van der Waals surface area (Å²) in [5.41, 5.74) is 1.07. The van der Waals surface area contributed by atoms with Crippen LogP contribution in [0.25, 0.3) is 0 Å². The van der Waals surface area contributed by atoms with E-state index in [0.717, 1.165) is 24.9 Å². The summed E-state index contributed by atoms with van der Waals surface area (Å²) in [7, 11) is 0. The fourth-order valence-electron chi connectivity index (χ4n) is 2.02. The van der Waals surface area contributed by atoms with Crippen LogP contribution >= 0.6 is 23.2 Å². The zero-order valence-electron chi connectivity index (χ0n) is 9.67. The smallest absolute Gasteiger partial charge is 0.223 e. The fraction of sp³-hybridized carbons (Fsp3) is 0.462. The van der Waals surface area contributed by atoms with Crippen molar-refractivity contribution in [1.29, 1.82) is 0 Å². The number of amides is 1. The van der Waals surface area contributed by atoms with Crippen molar-refractivity contribution in [1.82, 2.24) is 5.32 Å². The minimum atomic E-state index is 0.0936. The van der Waals surface area contributed by atoms with Gasteiger partial charge in [0.15, 0.2) is 0 Å². The Morgan fingerprint density at radius 2 is 2.00 bits per heavy atom. The molecule has 1 aromatic rings. The van der Waals surface area contributed by atoms with Gasteiger partial charge >= 0.3 is 0 Å². The molecule has 1 amide bonds. The summed E-state index contributed by atoms with van der Waals surface area (Å²) in [6.45, 7) is 2.79. The zero-order chi connectivity index (χ0) is 12.4. The van der Waals surface area contributed by atoms with Crippen LogP contribution in [-0.2, 0) is 4.79 Å². The van der Waals surface area contributed by atoms with Gasteiger partial charge in [0.2, 0.25) is 5.91 Å². The summed E-state index contributed by atoms with van der Waals surface area (Å²) in [5, 5.41) is 4.18. The lowest BCUT2D eigenvalue weighted by atomic mass is 10.1. The third kappa shape index (κ3) is 3.14. The Morgan fingerprint density at radius 1 is 1.35 bits per heavy atom. The Labute approximate surface area is 111 Å². The van der Waals surface area contributed by atoms with Crippen molar-refractivity contribution in [3.63, 3.8) is 0 Å². The van der Waals surface area contributed by atoms with Crippen molar-refractivity contribution in [2.75, 3.05) is 6.54 Å². The molecule has 4 heteroatoms. The van der Waals surface area contributed by atoms with Gasteiger partial charge in [0.1, 0.15) is 0 Å². The van der Waals surface area contributed by atoms with Crippen molar-refractivity contribution < 1.29 is 4.79 Å². The molecular formula is C13H15Cl2NO. The van der Waals surface area contributed by atoms with Crippen molar-refractivity contribution in [3.8, 4) is 0 Å². The van der Waals surface area contributed by atoms with E-state index in [4.69, 9.17) is 23.2 Å². The van der Waals surface area contributed by atoms with Crippen LogP contribution in [0.3, 0.4) is 0 Å². The lowest BCUT2D eigenvalue weighted by Gasteiger charge is -2.04. The maximum Gasteiger partial charge on any atom is 0.223 e. The molecule has 92 valence electrons. The third-order valence-corrected chi connectivity index (χ3v) is 3.43. The molecule has 1 N–H and O–H groups in total. The molecule has 0 bridgehead atoms. The number of halogens is 2. The summed E-state index contributed by atoms with van der Waals surface area (Å²) in [4.78, 5) is 11.7. The van der Waals surface area contributed by atoms with Gasteiger partial charge in [0.05, 0.1) is 0 Å². The molecule has 0 saturated heterocycles. The van der Waals surface area contributed by atoms with Gasteiger partial charge in [-0.15, -0.1) is 0 Å². The first kappa shape index (κ1) is 12.7. The maximum absolute atomic E-state index is 11.7. The van der Waals surface area contributed by atoms with Crippen molar-refractivity contribution in [3.05, 3.63) is 33.8 Å². The predicted molar refractivity (Wildman–Crippen MR) is 70.6 cm³/mol. The zero-order valence-corrected chi connectivity index (χ0v) is 11.2. The molecule has 1 aliphatic carbocycles. The van der Waals surface area contributed by atoms with E-state index in [-0.39, 0.29) is 17.7 Å². The first-order chi connectivity index (χ1) is 8.11. The molecule has 1 fully saturated rings. The Morgan fingerprint density at radius 3 is 2.59 bits per heavy atom. The van der Waals surface area contributed by atoms with Gasteiger partial charge in [-0.25, -0.2) is 0 Å². The quantitative estimate of drug-likeness (QED) is 0.891. The molecule has 1 aromatic carbocycles. The molecule has 1 saturated carbocycles. The van der Waals surface area contributed by atoms with E-state index >= 15 is 0 Å². The molecule has 2 nitrogen and oxygen atoms in total. The molecule has 2 rings (SSSR count). The molecular weight excluding hydrogens is 257 g/mol. The van der Waals surface area contributed by atoms with Crippen LogP contribution in [0.15, 0.2) is 18.2 Å². The van der Waals surface area contributed by atoms with Crippen molar-refractivity contribution in [2.24, 2.45) is 5.92 Å². The number of hydrogen-bond donors (Lipinski definition) is 1. The first-order valence-corrected chi connectivity index (χ1v) is 6.61. The summed E-state index contributed by atoms with van der Waals surface area (Å²) in [5.74, 6) is 0.520. The maximum atomic E-state index is 11.7. The minimum absolute atomic E-state index is 0.0936. The number of carbonyl (C=O) groups excluding carboxylic acids is 1. The first-order valence-electron chi connectivity index (χ1n) is 5.85. The van der Waals surface area contributed by atoms with Crippen LogP contribution < -0.4 is 5.32 Å². The summed E-state index contributed by atoms with van der Waals surface area (Å²) in [6.07, 6.45) is 1.86. The summed E-state index contributed by atoms with van der Waals surface area (Å²) >= 11 is 11.9. The lowest BCUT2D eigenvalue weighted by Crippen LogP contribution is -2.25. The van der Waals surface area contributed by atoms with Crippen LogP contribution in [0.1, 0.15) is 31.2 Å². The van der Waals surface area contributed by atoms with E-state index in [9.17, 15) is 4.79 Å². The van der Waals surface area contributed by atoms with Crippen LogP contribution in [0.2, 0.25) is 10.0 Å². The molecule has 0 aromatic heterocycles. The van der Waals surface area contributed by atoms with Gasteiger partial charge in [-0.2, -0.15) is 0 Å². The van der Waals surface area contributed by atoms with Gasteiger partial charge in [-0.3, -0.25) is 4.79 Å². The number of carbonyl (C=O) groups is 1. The van der Waals surface area contributed by atoms with E-state index in [0.29, 0.717) is 10.0 Å². The summed E-state index contributed by atoms with van der Waals surface area (Å²) in [6, 6.07) is 5.50. The molecule has 17 heavy (non-hydrogen) atoms. The highest BCUT2D eigenvalue weighted by molar-refractivity contribution is 6.34. The molecule has 0 unspecified atom stereocenters. The summed E-state index contributed by atoms with van der Waals surface area (Å²) < 4.78 is 0. The van der Waals surface area contributed by atoms with E-state index in [1.54, 1.807) is 6.07 Å². The molecule has 1 aliphatic rings. The lowest BCUT2D eigenvalue weighted by molar-refractivity contribution is -0.122. The van der Waals surface area contributed by atoms with Gasteiger partial charge < -0.3 is 5.32 Å². The van der Waals surface area contributed by atoms with E-state index in [2.05, 4.69) is 5.32 Å². The predicted octanol–water partition coefficient (Wildman–Crippen LogP) is 3.62. The number of rotatable bonds is 4. The highest BCUT2D eigenvalue weighted by Gasteiger charge is 2.43. The van der Waals surface area contributed by atoms with Crippen LogP contribution in [0.5, 0.6) is 0 Å². The molecule has 0 aliphatic heterocycles. The molecule has 0 spiro atoms. The fourth-order valence-corrected chi connectivity index (χ4v) is 2.56. The second-order valence-electron chi connectivity index (χ2n) is 4.44. The SMILES string of the molecule is CCCNC(=O)[C@H]1C[C@@H]1c1cc(Cl)cc(Cl)c1. The normalized spacial score (nSPS) is 22.3. The van der Waals surface area contributed by atoms with Gasteiger partial charge in [0.25, 0.3) is 0 Å². The molecule has 0 radical (unpaired) electrons. The largest absolute Gasteiger partial charge is 0.356 e. The standard InChI is InChI=1S/C13H15Cl2NO/c1-2-3-16-13(17)12-7-11(12)8-4-9(14)6-10(15)5-8/h4-6,11-12H,2-3,7H2,1H3,(H,16,17)/t11-,12+/m1/s1. The van der Waals surface area contributed by atoms with Crippen molar-refractivity contribution >= 4 is 29.1 Å². The number of hydrogen-bond acceptors (Lipinski definition) is 1. The second kappa shape index (κ2) is 5.28. The van der Waals surface area contributed by atoms with Crippen LogP contribution in [-0.4, -0.2) is 12.5 Å². The average molecular weight is 272 g/mol. The second-order valence-corrected chi connectivity index (χ2v) is 5.32. The minimum Gasteiger partial charge on any atom is -0.356 e. The number of benzene rings is 1. The van der Waals surface area contributed by atoms with E-state index < -0.39 is 0 Å². The third-order valence-electron chi connectivity index (χ3n) is 2.99. The Kier molecular flexibility index (Phi) is 3.95. The van der Waals surface area contributed by atoms with Gasteiger partial charge in [-0.1, -0.05) is 30.1 Å². The number of nitrogens with one attached hydrogen (secondary N) is 1. The molecule has 2 atom stereocenters. The van der Waals surface area contributed by atoms with Gasteiger partial charge in [-0.05, 0) is 42.5 Å². The Hall–Kier alpha value is -0.730. The Balaban J connectivity index is 2.00. The average Bonchev–Trinajstić information content (AvgIpc) is 3.04.